The summed E-state index contributed by atoms with van der Waals surface area (Å²) >= 11 is 0. The van der Waals surface area contributed by atoms with Crippen molar-refractivity contribution in [3.63, 3.8) is 0 Å². The van der Waals surface area contributed by atoms with Crippen molar-refractivity contribution in [2.45, 2.75) is 38.1 Å². The molecule has 0 aromatic heterocycles. The Morgan fingerprint density at radius 2 is 2.07 bits per heavy atom. The monoisotopic (exact) mass is 372 g/mol. The van der Waals surface area contributed by atoms with Gasteiger partial charge in [-0.3, -0.25) is 19.7 Å². The molecular weight excluding hydrogens is 348 g/mol. The molecule has 3 heterocycles. The van der Waals surface area contributed by atoms with Gasteiger partial charge in [0.15, 0.2) is 0 Å². The number of nitrogens with zero attached hydrogens (tertiary/aromatic N) is 1. The van der Waals surface area contributed by atoms with E-state index in [-0.39, 0.29) is 30.3 Å². The van der Waals surface area contributed by atoms with E-state index in [2.05, 4.69) is 16.0 Å². The third-order valence-corrected chi connectivity index (χ3v) is 5.71. The molecule has 0 spiro atoms. The van der Waals surface area contributed by atoms with Crippen molar-refractivity contribution < 1.29 is 19.5 Å². The van der Waals surface area contributed by atoms with Gasteiger partial charge < -0.3 is 20.6 Å². The first-order chi connectivity index (χ1) is 13.0. The van der Waals surface area contributed by atoms with E-state index in [9.17, 15) is 19.5 Å². The highest BCUT2D eigenvalue weighted by molar-refractivity contribution is 6.05. The standard InChI is InChI=1S/C19H24N4O4/c24-16-9-21-8-12(16)7-20-6-11-2-1-3-13-14(11)10-23(19(13)27)15-4-5-17(25)22-18(15)26/h1-3,12,15-16,20-21,24H,4-10H2,(H,22,25,26)/t12-,15?,16+/m0/s1. The molecule has 3 atom stereocenters. The molecule has 8 heteroatoms. The molecule has 3 amide bonds. The number of aliphatic hydroxyl groups is 1. The molecule has 0 aliphatic carbocycles. The van der Waals surface area contributed by atoms with Gasteiger partial charge >= 0.3 is 0 Å². The number of hydrogen-bond donors (Lipinski definition) is 4. The number of imide groups is 1. The number of aliphatic hydroxyl groups excluding tert-OH is 1. The fourth-order valence-corrected chi connectivity index (χ4v) is 4.14. The number of carbonyl (C=O) groups excluding carboxylic acids is 3. The number of rotatable bonds is 5. The summed E-state index contributed by atoms with van der Waals surface area (Å²) in [6, 6.07) is 5.03. The second-order valence-corrected chi connectivity index (χ2v) is 7.46. The van der Waals surface area contributed by atoms with Crippen molar-refractivity contribution in [2.75, 3.05) is 19.6 Å². The van der Waals surface area contributed by atoms with Crippen LogP contribution in [-0.4, -0.2) is 59.5 Å². The molecule has 1 aromatic carbocycles. The topological polar surface area (TPSA) is 111 Å². The van der Waals surface area contributed by atoms with E-state index >= 15 is 0 Å². The normalized spacial score (nSPS) is 27.8. The van der Waals surface area contributed by atoms with Crippen molar-refractivity contribution in [2.24, 2.45) is 5.92 Å². The minimum atomic E-state index is -0.594. The SMILES string of the molecule is O=C1CCC(N2Cc3c(CNC[C@H]4CNC[C@H]4O)cccc3C2=O)C(=O)N1. The van der Waals surface area contributed by atoms with Crippen LogP contribution in [-0.2, 0) is 22.7 Å². The lowest BCUT2D eigenvalue weighted by molar-refractivity contribution is -0.136. The highest BCUT2D eigenvalue weighted by Crippen LogP contribution is 2.29. The number of fused-ring (bicyclic) bond motifs is 1. The number of piperidine rings is 1. The minimum absolute atomic E-state index is 0.156. The quantitative estimate of drug-likeness (QED) is 0.500. The lowest BCUT2D eigenvalue weighted by atomic mass is 10.0. The van der Waals surface area contributed by atoms with Gasteiger partial charge in [-0.2, -0.15) is 0 Å². The molecule has 2 fully saturated rings. The molecule has 27 heavy (non-hydrogen) atoms. The minimum Gasteiger partial charge on any atom is -0.391 e. The molecule has 2 saturated heterocycles. The summed E-state index contributed by atoms with van der Waals surface area (Å²) in [6.07, 6.45) is 0.288. The number of hydrogen-bond acceptors (Lipinski definition) is 6. The summed E-state index contributed by atoms with van der Waals surface area (Å²) in [5, 5.41) is 18.7. The predicted octanol–water partition coefficient (Wildman–Crippen LogP) is -0.882. The zero-order chi connectivity index (χ0) is 19.0. The molecule has 0 saturated carbocycles. The maximum absolute atomic E-state index is 12.8. The Morgan fingerprint density at radius 3 is 2.81 bits per heavy atom. The zero-order valence-corrected chi connectivity index (χ0v) is 15.0. The Kier molecular flexibility index (Phi) is 4.94. The second kappa shape index (κ2) is 7.38. The lowest BCUT2D eigenvalue weighted by Gasteiger charge is -2.29. The molecule has 4 rings (SSSR count). The van der Waals surface area contributed by atoms with E-state index in [1.165, 1.54) is 0 Å². The molecule has 0 bridgehead atoms. The summed E-state index contributed by atoms with van der Waals surface area (Å²) < 4.78 is 0. The Bertz CT molecular complexity index is 781. The summed E-state index contributed by atoms with van der Waals surface area (Å²) in [6.45, 7) is 3.10. The molecule has 0 radical (unpaired) electrons. The van der Waals surface area contributed by atoms with Crippen molar-refractivity contribution in [1.82, 2.24) is 20.9 Å². The van der Waals surface area contributed by atoms with Crippen molar-refractivity contribution in [3.05, 3.63) is 34.9 Å². The van der Waals surface area contributed by atoms with Gasteiger partial charge in [0, 0.05) is 50.6 Å². The molecule has 8 nitrogen and oxygen atoms in total. The predicted molar refractivity (Wildman–Crippen MR) is 96.6 cm³/mol. The number of benzene rings is 1. The molecule has 3 aliphatic rings. The van der Waals surface area contributed by atoms with Gasteiger partial charge in [-0.05, 0) is 23.6 Å². The third kappa shape index (κ3) is 3.47. The van der Waals surface area contributed by atoms with E-state index in [4.69, 9.17) is 0 Å². The first-order valence-corrected chi connectivity index (χ1v) is 9.39. The number of carbonyl (C=O) groups is 3. The molecule has 1 unspecified atom stereocenters. The van der Waals surface area contributed by atoms with Gasteiger partial charge in [0.05, 0.1) is 6.10 Å². The van der Waals surface area contributed by atoms with Crippen LogP contribution < -0.4 is 16.0 Å². The van der Waals surface area contributed by atoms with Crippen LogP contribution in [0.15, 0.2) is 18.2 Å². The van der Waals surface area contributed by atoms with Gasteiger partial charge in [-0.15, -0.1) is 0 Å². The van der Waals surface area contributed by atoms with Crippen LogP contribution in [0.5, 0.6) is 0 Å². The smallest absolute Gasteiger partial charge is 0.255 e. The fraction of sp³-hybridized carbons (Fsp3) is 0.526. The van der Waals surface area contributed by atoms with E-state index in [0.717, 1.165) is 17.7 Å². The van der Waals surface area contributed by atoms with E-state index in [1.54, 1.807) is 11.0 Å². The van der Waals surface area contributed by atoms with Gasteiger partial charge in [-0.1, -0.05) is 12.1 Å². The number of nitrogens with one attached hydrogen (secondary N) is 3. The van der Waals surface area contributed by atoms with Crippen LogP contribution >= 0.6 is 0 Å². The average molecular weight is 372 g/mol. The first-order valence-electron chi connectivity index (χ1n) is 9.39. The van der Waals surface area contributed by atoms with E-state index in [1.807, 2.05) is 12.1 Å². The highest BCUT2D eigenvalue weighted by Gasteiger charge is 2.39. The zero-order valence-electron chi connectivity index (χ0n) is 15.0. The Hall–Kier alpha value is -2.29. The van der Waals surface area contributed by atoms with Gasteiger partial charge in [0.2, 0.25) is 11.8 Å². The first kappa shape index (κ1) is 18.1. The second-order valence-electron chi connectivity index (χ2n) is 7.46. The molecular formula is C19H24N4O4. The maximum atomic E-state index is 12.8. The van der Waals surface area contributed by atoms with Gasteiger partial charge in [0.25, 0.3) is 5.91 Å². The highest BCUT2D eigenvalue weighted by atomic mass is 16.3. The van der Waals surface area contributed by atoms with Gasteiger partial charge in [-0.25, -0.2) is 0 Å². The number of β-amino-alcohol motifs (C(OH)–C–C–N with tert-alkyl or cyclic N) is 1. The van der Waals surface area contributed by atoms with Crippen LogP contribution in [0, 0.1) is 5.92 Å². The lowest BCUT2D eigenvalue weighted by Crippen LogP contribution is -2.52. The average Bonchev–Trinajstić information content (AvgIpc) is 3.20. The van der Waals surface area contributed by atoms with Crippen molar-refractivity contribution in [1.29, 1.82) is 0 Å². The van der Waals surface area contributed by atoms with Crippen molar-refractivity contribution >= 4 is 17.7 Å². The van der Waals surface area contributed by atoms with Crippen LogP contribution in [0.2, 0.25) is 0 Å². The van der Waals surface area contributed by atoms with E-state index in [0.29, 0.717) is 38.2 Å². The summed E-state index contributed by atoms with van der Waals surface area (Å²) in [4.78, 5) is 37.9. The van der Waals surface area contributed by atoms with Crippen LogP contribution in [0.4, 0.5) is 0 Å². The fourth-order valence-electron chi connectivity index (χ4n) is 4.14. The molecule has 144 valence electrons. The van der Waals surface area contributed by atoms with Gasteiger partial charge in [0.1, 0.15) is 6.04 Å². The van der Waals surface area contributed by atoms with Crippen LogP contribution in [0.3, 0.4) is 0 Å². The maximum Gasteiger partial charge on any atom is 0.255 e. The summed E-state index contributed by atoms with van der Waals surface area (Å²) in [5.41, 5.74) is 2.59. The van der Waals surface area contributed by atoms with Crippen molar-refractivity contribution in [3.8, 4) is 0 Å². The Balaban J connectivity index is 1.44. The Labute approximate surface area is 157 Å². The summed E-state index contributed by atoms with van der Waals surface area (Å²) in [5.74, 6) is -0.649. The van der Waals surface area contributed by atoms with E-state index < -0.39 is 11.9 Å². The Morgan fingerprint density at radius 1 is 1.22 bits per heavy atom. The molecule has 3 aliphatic heterocycles. The van der Waals surface area contributed by atoms with Crippen LogP contribution in [0.25, 0.3) is 0 Å². The number of amides is 3. The third-order valence-electron chi connectivity index (χ3n) is 5.71. The molecule has 4 N–H and O–H groups in total. The largest absolute Gasteiger partial charge is 0.391 e. The molecule has 1 aromatic rings. The summed E-state index contributed by atoms with van der Waals surface area (Å²) in [7, 11) is 0. The van der Waals surface area contributed by atoms with Crippen LogP contribution in [0.1, 0.15) is 34.3 Å².